The van der Waals surface area contributed by atoms with Gasteiger partial charge in [-0.05, 0) is 29.8 Å². The average Bonchev–Trinajstić information content (AvgIpc) is 3.01. The van der Waals surface area contributed by atoms with Crippen LogP contribution in [-0.2, 0) is 4.79 Å². The second-order valence-corrected chi connectivity index (χ2v) is 6.89. The normalized spacial score (nSPS) is 10.6. The molecule has 0 radical (unpaired) electrons. The first-order valence-corrected chi connectivity index (χ1v) is 8.58. The van der Waals surface area contributed by atoms with E-state index in [-0.39, 0.29) is 17.7 Å². The molecule has 2 aromatic rings. The summed E-state index contributed by atoms with van der Waals surface area (Å²) in [6.07, 6.45) is 0. The number of nitrogens with one attached hydrogen (secondary N) is 2. The minimum atomic E-state index is -0.131. The predicted octanol–water partition coefficient (Wildman–Crippen LogP) is 3.57. The Labute approximate surface area is 144 Å². The van der Waals surface area contributed by atoms with Crippen LogP contribution < -0.4 is 10.6 Å². The van der Waals surface area contributed by atoms with Crippen molar-refractivity contribution in [1.29, 1.82) is 0 Å². The number of carbonyl (C=O) groups is 2. The molecule has 1 aromatic heterocycles. The van der Waals surface area contributed by atoms with Crippen molar-refractivity contribution in [1.82, 2.24) is 10.6 Å². The third-order valence-electron chi connectivity index (χ3n) is 3.19. The van der Waals surface area contributed by atoms with Crippen molar-refractivity contribution in [3.63, 3.8) is 0 Å². The van der Waals surface area contributed by atoms with E-state index in [1.165, 1.54) is 11.3 Å². The van der Waals surface area contributed by atoms with Crippen molar-refractivity contribution in [3.05, 3.63) is 46.3 Å². The Bertz CT molecular complexity index is 680. The lowest BCUT2D eigenvalue weighted by Gasteiger charge is -2.08. The Hall–Kier alpha value is -1.85. The number of thiophene rings is 1. The number of hydrogen-bond donors (Lipinski definition) is 2. The molecule has 0 atom stereocenters. The fourth-order valence-corrected chi connectivity index (χ4v) is 2.94. The second kappa shape index (κ2) is 8.13. The van der Waals surface area contributed by atoms with Crippen LogP contribution in [0.2, 0.25) is 5.02 Å². The van der Waals surface area contributed by atoms with E-state index in [1.54, 1.807) is 6.07 Å². The van der Waals surface area contributed by atoms with Crippen LogP contribution >= 0.6 is 22.9 Å². The van der Waals surface area contributed by atoms with E-state index in [4.69, 9.17) is 11.6 Å². The summed E-state index contributed by atoms with van der Waals surface area (Å²) in [5.41, 5.74) is 1.03. The molecular weight excluding hydrogens is 332 g/mol. The number of hydrogen-bond acceptors (Lipinski definition) is 3. The van der Waals surface area contributed by atoms with Crippen molar-refractivity contribution >= 4 is 34.8 Å². The first-order chi connectivity index (χ1) is 11.0. The summed E-state index contributed by atoms with van der Waals surface area (Å²) in [5, 5.41) is 6.25. The van der Waals surface area contributed by atoms with Gasteiger partial charge < -0.3 is 10.6 Å². The van der Waals surface area contributed by atoms with Gasteiger partial charge in [0.15, 0.2) is 0 Å². The lowest BCUT2D eigenvalue weighted by molar-refractivity contribution is -0.123. The highest BCUT2D eigenvalue weighted by Gasteiger charge is 2.10. The molecule has 122 valence electrons. The van der Waals surface area contributed by atoms with Crippen LogP contribution in [0.4, 0.5) is 0 Å². The van der Waals surface area contributed by atoms with Gasteiger partial charge in [0.25, 0.3) is 5.91 Å². The van der Waals surface area contributed by atoms with Gasteiger partial charge in [0.2, 0.25) is 5.91 Å². The van der Waals surface area contributed by atoms with E-state index in [0.717, 1.165) is 10.4 Å². The Morgan fingerprint density at radius 2 is 1.70 bits per heavy atom. The topological polar surface area (TPSA) is 58.2 Å². The lowest BCUT2D eigenvalue weighted by atomic mass is 10.2. The molecule has 0 saturated carbocycles. The zero-order valence-electron chi connectivity index (χ0n) is 13.1. The van der Waals surface area contributed by atoms with Gasteiger partial charge in [0.05, 0.1) is 4.88 Å². The van der Waals surface area contributed by atoms with E-state index in [0.29, 0.717) is 23.0 Å². The largest absolute Gasteiger partial charge is 0.354 e. The molecule has 0 aliphatic rings. The van der Waals surface area contributed by atoms with E-state index in [9.17, 15) is 9.59 Å². The molecule has 4 nitrogen and oxygen atoms in total. The molecule has 2 amide bonds. The standard InChI is InChI=1S/C17H19ClN2O2S/c1-11(2)16(21)19-9-10-20-17(22)15-8-7-14(23-15)12-3-5-13(18)6-4-12/h3-8,11H,9-10H2,1-2H3,(H,19,21)(H,20,22). The molecule has 0 unspecified atom stereocenters. The molecule has 6 heteroatoms. The fraction of sp³-hybridized carbons (Fsp3) is 0.294. The highest BCUT2D eigenvalue weighted by Crippen LogP contribution is 2.28. The second-order valence-electron chi connectivity index (χ2n) is 5.37. The molecule has 0 spiro atoms. The van der Waals surface area contributed by atoms with E-state index >= 15 is 0 Å². The summed E-state index contributed by atoms with van der Waals surface area (Å²) in [6.45, 7) is 4.50. The molecule has 0 aliphatic heterocycles. The smallest absolute Gasteiger partial charge is 0.261 e. The SMILES string of the molecule is CC(C)C(=O)NCCNC(=O)c1ccc(-c2ccc(Cl)cc2)s1. The van der Waals surface area contributed by atoms with Crippen LogP contribution in [0, 0.1) is 5.92 Å². The summed E-state index contributed by atoms with van der Waals surface area (Å²) in [4.78, 5) is 25.2. The van der Waals surface area contributed by atoms with Crippen molar-refractivity contribution in [2.75, 3.05) is 13.1 Å². The van der Waals surface area contributed by atoms with E-state index in [2.05, 4.69) is 10.6 Å². The zero-order valence-corrected chi connectivity index (χ0v) is 14.6. The Morgan fingerprint density at radius 1 is 1.04 bits per heavy atom. The van der Waals surface area contributed by atoms with Crippen LogP contribution in [0.15, 0.2) is 36.4 Å². The molecule has 0 fully saturated rings. The molecule has 1 aromatic carbocycles. The average molecular weight is 351 g/mol. The van der Waals surface area contributed by atoms with Crippen molar-refractivity contribution in [2.45, 2.75) is 13.8 Å². The summed E-state index contributed by atoms with van der Waals surface area (Å²) < 4.78 is 0. The molecular formula is C17H19ClN2O2S. The quantitative estimate of drug-likeness (QED) is 0.782. The minimum absolute atomic E-state index is 0.0135. The fourth-order valence-electron chi connectivity index (χ4n) is 1.88. The van der Waals surface area contributed by atoms with Crippen LogP contribution in [0.25, 0.3) is 10.4 Å². The van der Waals surface area contributed by atoms with Crippen molar-refractivity contribution in [2.24, 2.45) is 5.92 Å². The third kappa shape index (κ3) is 5.08. The highest BCUT2D eigenvalue weighted by atomic mass is 35.5. The van der Waals surface area contributed by atoms with Gasteiger partial charge in [-0.3, -0.25) is 9.59 Å². The number of amides is 2. The molecule has 0 saturated heterocycles. The van der Waals surface area contributed by atoms with Gasteiger partial charge in [-0.25, -0.2) is 0 Å². The minimum Gasteiger partial charge on any atom is -0.354 e. The maximum absolute atomic E-state index is 12.1. The number of benzene rings is 1. The molecule has 0 bridgehead atoms. The summed E-state index contributed by atoms with van der Waals surface area (Å²) >= 11 is 7.30. The van der Waals surface area contributed by atoms with Crippen LogP contribution in [0.5, 0.6) is 0 Å². The van der Waals surface area contributed by atoms with Gasteiger partial charge in [0, 0.05) is 28.9 Å². The lowest BCUT2D eigenvalue weighted by Crippen LogP contribution is -2.36. The maximum Gasteiger partial charge on any atom is 0.261 e. The van der Waals surface area contributed by atoms with Crippen molar-refractivity contribution in [3.8, 4) is 10.4 Å². The molecule has 0 aliphatic carbocycles. The third-order valence-corrected chi connectivity index (χ3v) is 4.58. The van der Waals surface area contributed by atoms with Gasteiger partial charge in [-0.2, -0.15) is 0 Å². The first kappa shape index (κ1) is 17.5. The predicted molar refractivity (Wildman–Crippen MR) is 94.9 cm³/mol. The first-order valence-electron chi connectivity index (χ1n) is 7.39. The van der Waals surface area contributed by atoms with Crippen LogP contribution in [0.3, 0.4) is 0 Å². The summed E-state index contributed by atoms with van der Waals surface area (Å²) in [6, 6.07) is 11.2. The number of rotatable bonds is 6. The molecule has 2 N–H and O–H groups in total. The van der Waals surface area contributed by atoms with E-state index in [1.807, 2.05) is 44.2 Å². The molecule has 23 heavy (non-hydrogen) atoms. The van der Waals surface area contributed by atoms with E-state index < -0.39 is 0 Å². The zero-order chi connectivity index (χ0) is 16.8. The molecule has 2 rings (SSSR count). The maximum atomic E-state index is 12.1. The summed E-state index contributed by atoms with van der Waals surface area (Å²) in [5.74, 6) is -0.195. The monoisotopic (exact) mass is 350 g/mol. The highest BCUT2D eigenvalue weighted by molar-refractivity contribution is 7.17. The van der Waals surface area contributed by atoms with Gasteiger partial charge in [-0.1, -0.05) is 37.6 Å². The van der Waals surface area contributed by atoms with Crippen LogP contribution in [-0.4, -0.2) is 24.9 Å². The van der Waals surface area contributed by atoms with Gasteiger partial charge >= 0.3 is 0 Å². The number of carbonyl (C=O) groups excluding carboxylic acids is 2. The van der Waals surface area contributed by atoms with Gasteiger partial charge in [-0.15, -0.1) is 11.3 Å². The van der Waals surface area contributed by atoms with Crippen molar-refractivity contribution < 1.29 is 9.59 Å². The van der Waals surface area contributed by atoms with Gasteiger partial charge in [0.1, 0.15) is 0 Å². The molecule has 1 heterocycles. The Balaban J connectivity index is 1.86. The van der Waals surface area contributed by atoms with Crippen LogP contribution in [0.1, 0.15) is 23.5 Å². The Kier molecular flexibility index (Phi) is 6.19. The Morgan fingerprint density at radius 3 is 2.35 bits per heavy atom. The summed E-state index contributed by atoms with van der Waals surface area (Å²) in [7, 11) is 0. The number of halogens is 1.